The van der Waals surface area contributed by atoms with Crippen LogP contribution in [0.15, 0.2) is 27.8 Å². The fourth-order valence-electron chi connectivity index (χ4n) is 2.15. The first-order valence-corrected chi connectivity index (χ1v) is 7.30. The number of halogens is 2. The van der Waals surface area contributed by atoms with Gasteiger partial charge in [0.05, 0.1) is 9.99 Å². The maximum Gasteiger partial charge on any atom is 0.138 e. The van der Waals surface area contributed by atoms with Gasteiger partial charge in [-0.15, -0.1) is 0 Å². The largest absolute Gasteiger partial charge is 0.347 e. The van der Waals surface area contributed by atoms with Gasteiger partial charge in [-0.3, -0.25) is 4.99 Å². The molecule has 0 unspecified atom stereocenters. The summed E-state index contributed by atoms with van der Waals surface area (Å²) in [6.45, 7) is 7.97. The van der Waals surface area contributed by atoms with Crippen LogP contribution in [-0.2, 0) is 6.54 Å². The average Bonchev–Trinajstić information content (AvgIpc) is 2.65. The number of hydrogen-bond acceptors (Lipinski definition) is 1. The Kier molecular flexibility index (Phi) is 4.40. The Hall–Kier alpha value is -1.16. The number of benzene rings is 1. The summed E-state index contributed by atoms with van der Waals surface area (Å²) >= 11 is 3.26. The summed E-state index contributed by atoms with van der Waals surface area (Å²) in [5, 5.41) is 0.915. The summed E-state index contributed by atoms with van der Waals surface area (Å²) in [5.41, 5.74) is 2.02. The van der Waals surface area contributed by atoms with Crippen LogP contribution < -0.4 is 0 Å². The highest BCUT2D eigenvalue weighted by Crippen LogP contribution is 2.27. The number of hydrogen-bond donors (Lipinski definition) is 0. The molecule has 0 spiro atoms. The molecular weight excluding hydrogens is 307 g/mol. The lowest BCUT2D eigenvalue weighted by Gasteiger charge is -2.08. The summed E-state index contributed by atoms with van der Waals surface area (Å²) in [5.74, 6) is 0.302. The number of nitrogens with zero attached hydrogens (tertiary/aromatic N) is 2. The zero-order valence-corrected chi connectivity index (χ0v) is 13.0. The lowest BCUT2D eigenvalue weighted by molar-refractivity contribution is 0.535. The van der Waals surface area contributed by atoms with Crippen LogP contribution in [0.2, 0.25) is 0 Å². The van der Waals surface area contributed by atoms with Gasteiger partial charge in [0.2, 0.25) is 0 Å². The molecule has 1 aromatic heterocycles. The smallest absolute Gasteiger partial charge is 0.138 e. The summed E-state index contributed by atoms with van der Waals surface area (Å²) < 4.78 is 16.4. The van der Waals surface area contributed by atoms with E-state index in [9.17, 15) is 4.39 Å². The van der Waals surface area contributed by atoms with E-state index in [0.717, 1.165) is 29.6 Å². The van der Waals surface area contributed by atoms with E-state index in [1.54, 1.807) is 6.07 Å². The molecule has 102 valence electrons. The van der Waals surface area contributed by atoms with Crippen molar-refractivity contribution in [2.24, 2.45) is 10.9 Å². The standard InChI is InChI=1S/C15H18BrFN2/c1-4-18-7-11-9-19(8-10(2)3)15-6-13(16)14(17)5-12(11)15/h5-7,9-10H,4,8H2,1-3H3. The predicted octanol–water partition coefficient (Wildman–Crippen LogP) is 4.64. The number of rotatable bonds is 4. The van der Waals surface area contributed by atoms with E-state index in [1.165, 1.54) is 0 Å². The van der Waals surface area contributed by atoms with Gasteiger partial charge in [-0.1, -0.05) is 13.8 Å². The van der Waals surface area contributed by atoms with Crippen LogP contribution in [0.5, 0.6) is 0 Å². The highest BCUT2D eigenvalue weighted by Gasteiger charge is 2.11. The van der Waals surface area contributed by atoms with Crippen LogP contribution in [-0.4, -0.2) is 17.3 Å². The van der Waals surface area contributed by atoms with E-state index in [-0.39, 0.29) is 5.82 Å². The zero-order chi connectivity index (χ0) is 14.0. The Morgan fingerprint density at radius 2 is 2.16 bits per heavy atom. The minimum absolute atomic E-state index is 0.235. The summed E-state index contributed by atoms with van der Waals surface area (Å²) in [4.78, 5) is 4.26. The fraction of sp³-hybridized carbons (Fsp3) is 0.400. The first kappa shape index (κ1) is 14.3. The van der Waals surface area contributed by atoms with E-state index >= 15 is 0 Å². The van der Waals surface area contributed by atoms with Gasteiger partial charge in [0.1, 0.15) is 5.82 Å². The molecule has 2 aromatic rings. The Labute approximate surface area is 121 Å². The van der Waals surface area contributed by atoms with E-state index < -0.39 is 0 Å². The first-order valence-electron chi connectivity index (χ1n) is 6.50. The first-order chi connectivity index (χ1) is 9.02. The Balaban J connectivity index is 2.62. The molecule has 0 amide bonds. The average molecular weight is 325 g/mol. The molecule has 2 nitrogen and oxygen atoms in total. The van der Waals surface area contributed by atoms with Crippen molar-refractivity contribution in [2.45, 2.75) is 27.3 Å². The third kappa shape index (κ3) is 3.06. The van der Waals surface area contributed by atoms with Gasteiger partial charge in [0, 0.05) is 36.5 Å². The minimum atomic E-state index is -0.235. The normalized spacial score (nSPS) is 12.1. The van der Waals surface area contributed by atoms with Crippen LogP contribution in [0.1, 0.15) is 26.3 Å². The van der Waals surface area contributed by atoms with Gasteiger partial charge in [-0.25, -0.2) is 4.39 Å². The maximum absolute atomic E-state index is 13.7. The number of fused-ring (bicyclic) bond motifs is 1. The monoisotopic (exact) mass is 324 g/mol. The van der Waals surface area contributed by atoms with Crippen LogP contribution in [0.25, 0.3) is 10.9 Å². The number of aliphatic imine (C=N–C) groups is 1. The molecule has 0 N–H and O–H groups in total. The lowest BCUT2D eigenvalue weighted by Crippen LogP contribution is -2.02. The molecule has 0 saturated heterocycles. The molecule has 1 heterocycles. The number of aromatic nitrogens is 1. The second-order valence-corrected chi connectivity index (χ2v) is 5.90. The van der Waals surface area contributed by atoms with Crippen molar-refractivity contribution in [1.29, 1.82) is 0 Å². The van der Waals surface area contributed by atoms with Crippen LogP contribution in [0.4, 0.5) is 4.39 Å². The molecule has 19 heavy (non-hydrogen) atoms. The Bertz CT molecular complexity index is 614. The SMILES string of the molecule is CCN=Cc1cn(CC(C)C)c2cc(Br)c(F)cc12. The van der Waals surface area contributed by atoms with Crippen molar-refractivity contribution >= 4 is 33.0 Å². The van der Waals surface area contributed by atoms with Gasteiger partial charge in [0.25, 0.3) is 0 Å². The van der Waals surface area contributed by atoms with Crippen LogP contribution in [0.3, 0.4) is 0 Å². The molecule has 0 aliphatic rings. The molecular formula is C15H18BrFN2. The third-order valence-corrected chi connectivity index (χ3v) is 3.54. The van der Waals surface area contributed by atoms with Crippen molar-refractivity contribution in [1.82, 2.24) is 4.57 Å². The van der Waals surface area contributed by atoms with Crippen LogP contribution >= 0.6 is 15.9 Å². The van der Waals surface area contributed by atoms with Crippen molar-refractivity contribution in [3.05, 3.63) is 34.2 Å². The molecule has 1 aromatic carbocycles. The Morgan fingerprint density at radius 3 is 2.79 bits per heavy atom. The van der Waals surface area contributed by atoms with E-state index in [1.807, 2.05) is 19.2 Å². The summed E-state index contributed by atoms with van der Waals surface area (Å²) in [6, 6.07) is 3.42. The molecule has 0 radical (unpaired) electrons. The third-order valence-electron chi connectivity index (χ3n) is 2.93. The second kappa shape index (κ2) is 5.87. The molecule has 4 heteroatoms. The highest BCUT2D eigenvalue weighted by atomic mass is 79.9. The van der Waals surface area contributed by atoms with Gasteiger partial charge in [-0.2, -0.15) is 0 Å². The van der Waals surface area contributed by atoms with Crippen molar-refractivity contribution in [3.8, 4) is 0 Å². The summed E-state index contributed by atoms with van der Waals surface area (Å²) in [6.07, 6.45) is 3.88. The van der Waals surface area contributed by atoms with Crippen molar-refractivity contribution in [2.75, 3.05) is 6.54 Å². The quantitative estimate of drug-likeness (QED) is 0.729. The topological polar surface area (TPSA) is 17.3 Å². The predicted molar refractivity (Wildman–Crippen MR) is 82.6 cm³/mol. The van der Waals surface area contributed by atoms with Gasteiger partial charge < -0.3 is 4.57 Å². The maximum atomic E-state index is 13.7. The molecule has 0 saturated carbocycles. The molecule has 0 fully saturated rings. The van der Waals surface area contributed by atoms with E-state index in [0.29, 0.717) is 10.4 Å². The second-order valence-electron chi connectivity index (χ2n) is 5.04. The minimum Gasteiger partial charge on any atom is -0.347 e. The molecule has 0 aliphatic heterocycles. The molecule has 0 bridgehead atoms. The van der Waals surface area contributed by atoms with Gasteiger partial charge in [0.15, 0.2) is 0 Å². The Morgan fingerprint density at radius 1 is 1.42 bits per heavy atom. The van der Waals surface area contributed by atoms with Gasteiger partial charge >= 0.3 is 0 Å². The lowest BCUT2D eigenvalue weighted by atomic mass is 10.2. The van der Waals surface area contributed by atoms with Crippen molar-refractivity contribution in [3.63, 3.8) is 0 Å². The van der Waals surface area contributed by atoms with E-state index in [2.05, 4.69) is 45.5 Å². The van der Waals surface area contributed by atoms with Crippen molar-refractivity contribution < 1.29 is 4.39 Å². The molecule has 0 aliphatic carbocycles. The zero-order valence-electron chi connectivity index (χ0n) is 11.5. The fourth-order valence-corrected chi connectivity index (χ4v) is 2.48. The highest BCUT2D eigenvalue weighted by molar-refractivity contribution is 9.10. The van der Waals surface area contributed by atoms with Crippen LogP contribution in [0, 0.1) is 11.7 Å². The van der Waals surface area contributed by atoms with Gasteiger partial charge in [-0.05, 0) is 40.9 Å². The molecule has 0 atom stereocenters. The summed E-state index contributed by atoms with van der Waals surface area (Å²) in [7, 11) is 0. The van der Waals surface area contributed by atoms with E-state index in [4.69, 9.17) is 0 Å². The molecule has 2 rings (SSSR count).